The third-order valence-corrected chi connectivity index (χ3v) is 4.36. The SMILES string of the molecule is CCN1CCN(c2ccc(F)cc2CNC2CC2)CC1. The van der Waals surface area contributed by atoms with Gasteiger partial charge in [0.2, 0.25) is 0 Å². The van der Waals surface area contributed by atoms with Crippen molar-refractivity contribution in [1.82, 2.24) is 10.2 Å². The molecule has 0 amide bonds. The van der Waals surface area contributed by atoms with Gasteiger partial charge in [-0.25, -0.2) is 4.39 Å². The molecule has 1 aliphatic carbocycles. The van der Waals surface area contributed by atoms with Gasteiger partial charge < -0.3 is 15.1 Å². The minimum absolute atomic E-state index is 0.131. The fourth-order valence-corrected chi connectivity index (χ4v) is 2.85. The second kappa shape index (κ2) is 6.10. The minimum atomic E-state index is -0.131. The Morgan fingerprint density at radius 1 is 1.20 bits per heavy atom. The Labute approximate surface area is 120 Å². The molecule has 1 heterocycles. The molecule has 2 aliphatic rings. The molecule has 3 rings (SSSR count). The number of anilines is 1. The third-order valence-electron chi connectivity index (χ3n) is 4.36. The number of rotatable bonds is 5. The van der Waals surface area contributed by atoms with E-state index in [1.165, 1.54) is 18.5 Å². The first-order valence-corrected chi connectivity index (χ1v) is 7.75. The van der Waals surface area contributed by atoms with Gasteiger partial charge in [-0.15, -0.1) is 0 Å². The highest BCUT2D eigenvalue weighted by Crippen LogP contribution is 2.25. The average molecular weight is 277 g/mol. The highest BCUT2D eigenvalue weighted by molar-refractivity contribution is 5.54. The van der Waals surface area contributed by atoms with Crippen LogP contribution in [0.2, 0.25) is 0 Å². The van der Waals surface area contributed by atoms with Crippen molar-refractivity contribution in [3.8, 4) is 0 Å². The monoisotopic (exact) mass is 277 g/mol. The molecule has 0 radical (unpaired) electrons. The highest BCUT2D eigenvalue weighted by atomic mass is 19.1. The van der Waals surface area contributed by atoms with E-state index in [9.17, 15) is 4.39 Å². The molecule has 1 aromatic carbocycles. The van der Waals surface area contributed by atoms with Crippen LogP contribution in [0.4, 0.5) is 10.1 Å². The summed E-state index contributed by atoms with van der Waals surface area (Å²) in [5, 5.41) is 3.50. The predicted octanol–water partition coefficient (Wildman–Crippen LogP) is 2.22. The van der Waals surface area contributed by atoms with Crippen molar-refractivity contribution in [3.05, 3.63) is 29.6 Å². The number of piperazine rings is 1. The van der Waals surface area contributed by atoms with Crippen molar-refractivity contribution in [1.29, 1.82) is 0 Å². The summed E-state index contributed by atoms with van der Waals surface area (Å²) >= 11 is 0. The lowest BCUT2D eigenvalue weighted by molar-refractivity contribution is 0.271. The quantitative estimate of drug-likeness (QED) is 0.890. The summed E-state index contributed by atoms with van der Waals surface area (Å²) < 4.78 is 13.5. The standard InChI is InChI=1S/C16H24FN3/c1-2-19-7-9-20(10-8-19)16-6-3-14(17)11-13(16)12-18-15-4-5-15/h3,6,11,15,18H,2,4-5,7-10,12H2,1H3. The highest BCUT2D eigenvalue weighted by Gasteiger charge is 2.22. The Balaban J connectivity index is 1.70. The molecule has 1 aromatic rings. The van der Waals surface area contributed by atoms with Crippen LogP contribution in [0.1, 0.15) is 25.3 Å². The molecular formula is C16H24FN3. The molecule has 1 saturated heterocycles. The van der Waals surface area contributed by atoms with Gasteiger partial charge in [0.15, 0.2) is 0 Å². The van der Waals surface area contributed by atoms with E-state index < -0.39 is 0 Å². The Morgan fingerprint density at radius 3 is 2.60 bits per heavy atom. The van der Waals surface area contributed by atoms with Gasteiger partial charge in [0.05, 0.1) is 0 Å². The van der Waals surface area contributed by atoms with Crippen molar-refractivity contribution in [2.24, 2.45) is 0 Å². The largest absolute Gasteiger partial charge is 0.369 e. The van der Waals surface area contributed by atoms with Crippen molar-refractivity contribution in [3.63, 3.8) is 0 Å². The Morgan fingerprint density at radius 2 is 1.95 bits per heavy atom. The number of nitrogens with zero attached hydrogens (tertiary/aromatic N) is 2. The van der Waals surface area contributed by atoms with Gasteiger partial charge in [-0.1, -0.05) is 6.92 Å². The molecule has 0 aromatic heterocycles. The van der Waals surface area contributed by atoms with Crippen molar-refractivity contribution in [2.45, 2.75) is 32.4 Å². The van der Waals surface area contributed by atoms with Crippen LogP contribution in [0.3, 0.4) is 0 Å². The fourth-order valence-electron chi connectivity index (χ4n) is 2.85. The van der Waals surface area contributed by atoms with Crippen LogP contribution in [-0.2, 0) is 6.54 Å². The van der Waals surface area contributed by atoms with Gasteiger partial charge in [0.1, 0.15) is 5.82 Å². The molecule has 110 valence electrons. The van der Waals surface area contributed by atoms with Crippen LogP contribution in [0.15, 0.2) is 18.2 Å². The van der Waals surface area contributed by atoms with Gasteiger partial charge >= 0.3 is 0 Å². The first-order chi connectivity index (χ1) is 9.76. The Hall–Kier alpha value is -1.13. The van der Waals surface area contributed by atoms with E-state index in [1.54, 1.807) is 12.1 Å². The maximum Gasteiger partial charge on any atom is 0.123 e. The maximum atomic E-state index is 13.5. The molecular weight excluding hydrogens is 253 g/mol. The van der Waals surface area contributed by atoms with Crippen molar-refractivity contribution >= 4 is 5.69 Å². The number of likely N-dealkylation sites (N-methyl/N-ethyl adjacent to an activating group) is 1. The molecule has 1 N–H and O–H groups in total. The second-order valence-corrected chi connectivity index (χ2v) is 5.85. The molecule has 4 heteroatoms. The van der Waals surface area contributed by atoms with Gasteiger partial charge in [-0.3, -0.25) is 0 Å². The molecule has 1 saturated carbocycles. The van der Waals surface area contributed by atoms with Crippen molar-refractivity contribution in [2.75, 3.05) is 37.6 Å². The summed E-state index contributed by atoms with van der Waals surface area (Å²) in [6.07, 6.45) is 2.53. The van der Waals surface area contributed by atoms with E-state index in [2.05, 4.69) is 22.0 Å². The lowest BCUT2D eigenvalue weighted by Crippen LogP contribution is -2.46. The van der Waals surface area contributed by atoms with Crippen molar-refractivity contribution < 1.29 is 4.39 Å². The molecule has 2 fully saturated rings. The number of benzene rings is 1. The number of hydrogen-bond donors (Lipinski definition) is 1. The topological polar surface area (TPSA) is 18.5 Å². The molecule has 3 nitrogen and oxygen atoms in total. The fraction of sp³-hybridized carbons (Fsp3) is 0.625. The van der Waals surface area contributed by atoms with Gasteiger partial charge in [0, 0.05) is 44.5 Å². The van der Waals surface area contributed by atoms with Crippen LogP contribution in [-0.4, -0.2) is 43.7 Å². The zero-order valence-electron chi connectivity index (χ0n) is 12.2. The van der Waals surface area contributed by atoms with E-state index in [4.69, 9.17) is 0 Å². The lowest BCUT2D eigenvalue weighted by Gasteiger charge is -2.36. The van der Waals surface area contributed by atoms with E-state index in [0.29, 0.717) is 6.04 Å². The molecule has 0 spiro atoms. The summed E-state index contributed by atoms with van der Waals surface area (Å²) in [7, 11) is 0. The van der Waals surface area contributed by atoms with Crippen LogP contribution in [0, 0.1) is 5.82 Å². The molecule has 0 bridgehead atoms. The summed E-state index contributed by atoms with van der Waals surface area (Å²) in [6, 6.07) is 5.88. The van der Waals surface area contributed by atoms with Crippen LogP contribution in [0.25, 0.3) is 0 Å². The zero-order valence-corrected chi connectivity index (χ0v) is 12.2. The normalized spacial score (nSPS) is 20.4. The maximum absolute atomic E-state index is 13.5. The smallest absolute Gasteiger partial charge is 0.123 e. The first-order valence-electron chi connectivity index (χ1n) is 7.75. The molecule has 0 unspecified atom stereocenters. The number of nitrogens with one attached hydrogen (secondary N) is 1. The average Bonchev–Trinajstić information content (AvgIpc) is 3.30. The number of halogens is 1. The molecule has 20 heavy (non-hydrogen) atoms. The second-order valence-electron chi connectivity index (χ2n) is 5.85. The predicted molar refractivity (Wildman–Crippen MR) is 80.6 cm³/mol. The Bertz CT molecular complexity index is 451. The third kappa shape index (κ3) is 3.30. The van der Waals surface area contributed by atoms with E-state index in [0.717, 1.165) is 44.8 Å². The van der Waals surface area contributed by atoms with E-state index >= 15 is 0 Å². The van der Waals surface area contributed by atoms with Crippen LogP contribution >= 0.6 is 0 Å². The molecule has 0 atom stereocenters. The summed E-state index contributed by atoms with van der Waals surface area (Å²) in [6.45, 7) is 8.39. The van der Waals surface area contributed by atoms with Crippen LogP contribution in [0.5, 0.6) is 0 Å². The summed E-state index contributed by atoms with van der Waals surface area (Å²) in [5.41, 5.74) is 2.30. The van der Waals surface area contributed by atoms with Crippen LogP contribution < -0.4 is 10.2 Å². The van der Waals surface area contributed by atoms with E-state index in [1.807, 2.05) is 6.07 Å². The van der Waals surface area contributed by atoms with Gasteiger partial charge in [-0.05, 0) is 43.1 Å². The van der Waals surface area contributed by atoms with E-state index in [-0.39, 0.29) is 5.82 Å². The van der Waals surface area contributed by atoms with Gasteiger partial charge in [0.25, 0.3) is 0 Å². The lowest BCUT2D eigenvalue weighted by atomic mass is 10.1. The minimum Gasteiger partial charge on any atom is -0.369 e. The number of hydrogen-bond acceptors (Lipinski definition) is 3. The molecule has 1 aliphatic heterocycles. The zero-order chi connectivity index (χ0) is 13.9. The first kappa shape index (κ1) is 13.8. The summed E-state index contributed by atoms with van der Waals surface area (Å²) in [4.78, 5) is 4.86. The Kier molecular flexibility index (Phi) is 4.22. The van der Waals surface area contributed by atoms with Gasteiger partial charge in [-0.2, -0.15) is 0 Å². The summed E-state index contributed by atoms with van der Waals surface area (Å²) in [5.74, 6) is -0.131.